The molecule has 0 amide bonds. The van der Waals surface area contributed by atoms with Crippen LogP contribution in [0.15, 0.2) is 243 Å². The summed E-state index contributed by atoms with van der Waals surface area (Å²) >= 11 is 0. The van der Waals surface area contributed by atoms with E-state index in [-0.39, 0.29) is 5.41 Å². The average molecular weight is 947 g/mol. The fourth-order valence-electron chi connectivity index (χ4n) is 12.2. The molecule has 0 radical (unpaired) electrons. The van der Waals surface area contributed by atoms with Gasteiger partial charge in [0.25, 0.3) is 0 Å². The van der Waals surface area contributed by atoms with Crippen molar-refractivity contribution in [2.24, 2.45) is 0 Å². The van der Waals surface area contributed by atoms with Crippen molar-refractivity contribution < 1.29 is 0 Å². The zero-order chi connectivity index (χ0) is 49.1. The molecule has 0 saturated carbocycles. The molecular weight excluding hydrogens is 901 g/mol. The molecule has 0 aliphatic heterocycles. The third kappa shape index (κ3) is 6.28. The predicted molar refractivity (Wildman–Crippen MR) is 305 cm³/mol. The highest BCUT2D eigenvalue weighted by Gasteiger charge is 2.41. The summed E-state index contributed by atoms with van der Waals surface area (Å²) in [5.74, 6) is 1.88. The maximum atomic E-state index is 5.16. The summed E-state index contributed by atoms with van der Waals surface area (Å²) in [6.07, 6.45) is 0. The zero-order valence-electron chi connectivity index (χ0n) is 40.8. The quantitative estimate of drug-likeness (QED) is 0.160. The van der Waals surface area contributed by atoms with Crippen molar-refractivity contribution in [3.05, 3.63) is 254 Å². The minimum atomic E-state index is -0.230. The van der Waals surface area contributed by atoms with Gasteiger partial charge < -0.3 is 13.7 Å². The molecule has 1 aliphatic rings. The standard InChI is InChI=1S/C68H46N6/c1-68(2)56-32-17-15-31-52(56)64-62(68)53-36-39-60-61(63(53)74(64)49-27-13-6-14-28-49)55-42-46(45-34-37-58-54(41-45)51-30-16-18-33-57(51)72(58)48-25-11-5-12-26-48)35-38-59(55)73(60)50-29-19-24-47(40-50)67-70-65(43-20-7-3-8-21-43)69-66(71-67)44-22-9-4-10-23-44/h3-42H,1-2H3. The molecule has 0 spiro atoms. The second-order valence-electron chi connectivity index (χ2n) is 20.0. The van der Waals surface area contributed by atoms with Crippen LogP contribution in [-0.4, -0.2) is 28.7 Å². The molecule has 14 aromatic rings. The number of benzene rings is 10. The van der Waals surface area contributed by atoms with Crippen LogP contribution in [-0.2, 0) is 5.41 Å². The van der Waals surface area contributed by atoms with Gasteiger partial charge in [-0.2, -0.15) is 0 Å². The number of aromatic nitrogens is 6. The number of rotatable bonds is 7. The first-order valence-corrected chi connectivity index (χ1v) is 25.4. The van der Waals surface area contributed by atoms with Gasteiger partial charge in [0.2, 0.25) is 0 Å². The molecular formula is C68H46N6. The summed E-state index contributed by atoms with van der Waals surface area (Å²) in [6.45, 7) is 4.78. The van der Waals surface area contributed by atoms with Gasteiger partial charge in [0.1, 0.15) is 0 Å². The lowest BCUT2D eigenvalue weighted by atomic mass is 9.81. The Labute approximate surface area is 427 Å². The summed E-state index contributed by atoms with van der Waals surface area (Å²) in [5.41, 5.74) is 19.2. The summed E-state index contributed by atoms with van der Waals surface area (Å²) in [5, 5.41) is 6.10. The molecule has 0 fully saturated rings. The third-order valence-corrected chi connectivity index (χ3v) is 15.4. The van der Waals surface area contributed by atoms with Crippen LogP contribution in [0.25, 0.3) is 128 Å². The topological polar surface area (TPSA) is 53.5 Å². The molecule has 0 saturated heterocycles. The summed E-state index contributed by atoms with van der Waals surface area (Å²) in [4.78, 5) is 15.3. The number of hydrogen-bond acceptors (Lipinski definition) is 3. The minimum absolute atomic E-state index is 0.230. The van der Waals surface area contributed by atoms with Crippen LogP contribution >= 0.6 is 0 Å². The van der Waals surface area contributed by atoms with Gasteiger partial charge in [0.05, 0.1) is 33.3 Å². The van der Waals surface area contributed by atoms with Gasteiger partial charge in [-0.25, -0.2) is 15.0 Å². The van der Waals surface area contributed by atoms with Crippen molar-refractivity contribution in [2.75, 3.05) is 0 Å². The molecule has 348 valence electrons. The first kappa shape index (κ1) is 42.1. The van der Waals surface area contributed by atoms with Crippen LogP contribution in [0.5, 0.6) is 0 Å². The fraction of sp³-hybridized carbons (Fsp3) is 0.0441. The Hall–Kier alpha value is -9.65. The van der Waals surface area contributed by atoms with Gasteiger partial charge >= 0.3 is 0 Å². The maximum Gasteiger partial charge on any atom is 0.164 e. The Balaban J connectivity index is 1.01. The minimum Gasteiger partial charge on any atom is -0.309 e. The molecule has 0 bridgehead atoms. The molecule has 15 rings (SSSR count). The van der Waals surface area contributed by atoms with Crippen LogP contribution < -0.4 is 0 Å². The number of fused-ring (bicyclic) bond motifs is 12. The second-order valence-corrected chi connectivity index (χ2v) is 20.0. The Morgan fingerprint density at radius 2 is 0.811 bits per heavy atom. The van der Waals surface area contributed by atoms with Gasteiger partial charge in [-0.3, -0.25) is 0 Å². The van der Waals surface area contributed by atoms with E-state index < -0.39 is 0 Å². The molecule has 74 heavy (non-hydrogen) atoms. The smallest absolute Gasteiger partial charge is 0.164 e. The van der Waals surface area contributed by atoms with Crippen molar-refractivity contribution in [1.29, 1.82) is 0 Å². The van der Waals surface area contributed by atoms with E-state index in [1.165, 1.54) is 71.4 Å². The van der Waals surface area contributed by atoms with E-state index in [9.17, 15) is 0 Å². The monoisotopic (exact) mass is 946 g/mol. The lowest BCUT2D eigenvalue weighted by Gasteiger charge is -2.21. The zero-order valence-corrected chi connectivity index (χ0v) is 40.8. The lowest BCUT2D eigenvalue weighted by molar-refractivity contribution is 0.666. The molecule has 6 nitrogen and oxygen atoms in total. The highest BCUT2D eigenvalue weighted by Crippen LogP contribution is 2.55. The highest BCUT2D eigenvalue weighted by atomic mass is 15.0. The third-order valence-electron chi connectivity index (χ3n) is 15.4. The van der Waals surface area contributed by atoms with Crippen LogP contribution in [0.1, 0.15) is 25.0 Å². The van der Waals surface area contributed by atoms with Crippen molar-refractivity contribution >= 4 is 54.5 Å². The number of para-hydroxylation sites is 3. The maximum absolute atomic E-state index is 5.16. The van der Waals surface area contributed by atoms with Gasteiger partial charge in [-0.1, -0.05) is 184 Å². The van der Waals surface area contributed by atoms with Crippen LogP contribution in [0.2, 0.25) is 0 Å². The van der Waals surface area contributed by atoms with Crippen LogP contribution in [0.3, 0.4) is 0 Å². The highest BCUT2D eigenvalue weighted by molar-refractivity contribution is 6.23. The molecule has 1 aliphatic carbocycles. The van der Waals surface area contributed by atoms with Crippen LogP contribution in [0, 0.1) is 0 Å². The first-order chi connectivity index (χ1) is 36.5. The van der Waals surface area contributed by atoms with E-state index >= 15 is 0 Å². The van der Waals surface area contributed by atoms with E-state index in [0.717, 1.165) is 50.3 Å². The normalized spacial score (nSPS) is 12.8. The summed E-state index contributed by atoms with van der Waals surface area (Å²) in [6, 6.07) is 87.2. The van der Waals surface area contributed by atoms with Gasteiger partial charge in [0.15, 0.2) is 17.5 Å². The largest absolute Gasteiger partial charge is 0.309 e. The van der Waals surface area contributed by atoms with Crippen molar-refractivity contribution in [1.82, 2.24) is 28.7 Å². The van der Waals surface area contributed by atoms with E-state index in [1.54, 1.807) is 0 Å². The van der Waals surface area contributed by atoms with E-state index in [2.05, 4.69) is 234 Å². The Morgan fingerprint density at radius 3 is 1.49 bits per heavy atom. The Kier molecular flexibility index (Phi) is 9.20. The molecule has 4 aromatic heterocycles. The lowest BCUT2D eigenvalue weighted by Crippen LogP contribution is -2.14. The molecule has 4 heterocycles. The molecule has 0 N–H and O–H groups in total. The summed E-state index contributed by atoms with van der Waals surface area (Å²) in [7, 11) is 0. The second kappa shape index (κ2) is 16.2. The summed E-state index contributed by atoms with van der Waals surface area (Å²) < 4.78 is 7.38. The Bertz CT molecular complexity index is 4490. The first-order valence-electron chi connectivity index (χ1n) is 25.4. The number of nitrogens with zero attached hydrogens (tertiary/aromatic N) is 6. The van der Waals surface area contributed by atoms with Crippen molar-refractivity contribution in [2.45, 2.75) is 19.3 Å². The van der Waals surface area contributed by atoms with Gasteiger partial charge in [-0.05, 0) is 95.1 Å². The van der Waals surface area contributed by atoms with Crippen molar-refractivity contribution in [3.63, 3.8) is 0 Å². The number of hydrogen-bond donors (Lipinski definition) is 0. The van der Waals surface area contributed by atoms with Crippen molar-refractivity contribution in [3.8, 4) is 73.6 Å². The molecule has 6 heteroatoms. The molecule has 10 aromatic carbocycles. The Morgan fingerprint density at radius 1 is 0.324 bits per heavy atom. The van der Waals surface area contributed by atoms with Crippen LogP contribution in [0.4, 0.5) is 0 Å². The average Bonchev–Trinajstić information content (AvgIpc) is 4.19. The fourth-order valence-corrected chi connectivity index (χ4v) is 12.2. The van der Waals surface area contributed by atoms with Gasteiger partial charge in [0, 0.05) is 71.7 Å². The van der Waals surface area contributed by atoms with E-state index in [1.807, 2.05) is 36.4 Å². The van der Waals surface area contributed by atoms with E-state index in [4.69, 9.17) is 15.0 Å². The molecule has 0 unspecified atom stereocenters. The van der Waals surface area contributed by atoms with Gasteiger partial charge in [-0.15, -0.1) is 0 Å². The van der Waals surface area contributed by atoms with E-state index in [0.29, 0.717) is 17.5 Å². The SMILES string of the molecule is CC1(C)c2ccccc2-c2c1c1ccc3c(c4cc(-c5ccc6c(c5)c5ccccc5n6-c5ccccc5)ccc4n3-c3cccc(-c4nc(-c5ccccc5)nc(-c5ccccc5)n4)c3)c1n2-c1ccccc1. The predicted octanol–water partition coefficient (Wildman–Crippen LogP) is 17.0. The molecule has 0 atom stereocenters.